The van der Waals surface area contributed by atoms with Crippen molar-refractivity contribution in [3.05, 3.63) is 29.1 Å². The Morgan fingerprint density at radius 3 is 2.74 bits per heavy atom. The maximum atomic E-state index is 10.6. The summed E-state index contributed by atoms with van der Waals surface area (Å²) >= 11 is 6.08. The van der Waals surface area contributed by atoms with Crippen molar-refractivity contribution in [3.8, 4) is 0 Å². The number of rotatable bonds is 2. The molecular formula is C14H18ClN3O. The minimum absolute atomic E-state index is 0.321. The van der Waals surface area contributed by atoms with Crippen LogP contribution in [-0.2, 0) is 0 Å². The fourth-order valence-corrected chi connectivity index (χ4v) is 3.24. The normalized spacial score (nSPS) is 18.9. The maximum Gasteiger partial charge on any atom is 0.154 e. The van der Waals surface area contributed by atoms with Crippen LogP contribution in [0.4, 0.5) is 0 Å². The second kappa shape index (κ2) is 5.10. The third-order valence-electron chi connectivity index (χ3n) is 4.12. The van der Waals surface area contributed by atoms with E-state index in [0.29, 0.717) is 11.1 Å². The highest BCUT2D eigenvalue weighted by Crippen LogP contribution is 2.35. The monoisotopic (exact) mass is 279 g/mol. The standard InChI is InChI=1S/C14H18ClN3O/c1-9-16-8-12-14(15)17-7-11(18(9)12)13(19)10-5-3-2-4-6-10/h7-8,10,13,19H,2-6H2,1H3. The van der Waals surface area contributed by atoms with Gasteiger partial charge in [0, 0.05) is 0 Å². The van der Waals surface area contributed by atoms with E-state index in [1.807, 2.05) is 11.3 Å². The SMILES string of the molecule is Cc1ncc2c(Cl)ncc(C(O)C3CCCCC3)n12. The smallest absolute Gasteiger partial charge is 0.154 e. The van der Waals surface area contributed by atoms with Crippen molar-refractivity contribution >= 4 is 17.1 Å². The molecule has 1 fully saturated rings. The number of aryl methyl sites for hydroxylation is 1. The van der Waals surface area contributed by atoms with E-state index in [4.69, 9.17) is 11.6 Å². The summed E-state index contributed by atoms with van der Waals surface area (Å²) in [4.78, 5) is 8.45. The Balaban J connectivity index is 2.04. The van der Waals surface area contributed by atoms with Gasteiger partial charge in [0.25, 0.3) is 0 Å². The van der Waals surface area contributed by atoms with E-state index in [9.17, 15) is 5.11 Å². The molecule has 0 aliphatic heterocycles. The van der Waals surface area contributed by atoms with Gasteiger partial charge < -0.3 is 5.11 Å². The summed E-state index contributed by atoms with van der Waals surface area (Å²) in [6, 6.07) is 0. The van der Waals surface area contributed by atoms with E-state index in [2.05, 4.69) is 9.97 Å². The first-order chi connectivity index (χ1) is 9.18. The Morgan fingerprint density at radius 1 is 1.26 bits per heavy atom. The number of hydrogen-bond acceptors (Lipinski definition) is 3. The molecule has 0 spiro atoms. The van der Waals surface area contributed by atoms with E-state index in [-0.39, 0.29) is 0 Å². The molecule has 0 bridgehead atoms. The minimum Gasteiger partial charge on any atom is -0.387 e. The molecule has 1 aliphatic carbocycles. The van der Waals surface area contributed by atoms with E-state index in [0.717, 1.165) is 29.9 Å². The van der Waals surface area contributed by atoms with Crippen LogP contribution in [0, 0.1) is 12.8 Å². The lowest BCUT2D eigenvalue weighted by molar-refractivity contribution is 0.0796. The molecule has 0 amide bonds. The van der Waals surface area contributed by atoms with E-state index >= 15 is 0 Å². The van der Waals surface area contributed by atoms with Crippen LogP contribution < -0.4 is 0 Å². The first-order valence-electron chi connectivity index (χ1n) is 6.85. The van der Waals surface area contributed by atoms with E-state index in [1.165, 1.54) is 19.3 Å². The summed E-state index contributed by atoms with van der Waals surface area (Å²) in [5, 5.41) is 11.1. The van der Waals surface area contributed by atoms with Crippen molar-refractivity contribution in [2.24, 2.45) is 5.92 Å². The van der Waals surface area contributed by atoms with E-state index < -0.39 is 6.10 Å². The summed E-state index contributed by atoms with van der Waals surface area (Å²) in [6.45, 7) is 1.92. The second-order valence-corrected chi connectivity index (χ2v) is 5.70. The van der Waals surface area contributed by atoms with Crippen LogP contribution in [-0.4, -0.2) is 19.5 Å². The molecule has 0 aromatic carbocycles. The number of hydrogen-bond donors (Lipinski definition) is 1. The molecule has 1 atom stereocenters. The Hall–Kier alpha value is -1.13. The Kier molecular flexibility index (Phi) is 3.46. The summed E-state index contributed by atoms with van der Waals surface area (Å²) < 4.78 is 1.93. The van der Waals surface area contributed by atoms with Crippen LogP contribution in [0.2, 0.25) is 5.15 Å². The van der Waals surface area contributed by atoms with Crippen LogP contribution in [0.5, 0.6) is 0 Å². The van der Waals surface area contributed by atoms with Gasteiger partial charge in [0.2, 0.25) is 0 Å². The second-order valence-electron chi connectivity index (χ2n) is 5.34. The third kappa shape index (κ3) is 2.23. The van der Waals surface area contributed by atoms with Crippen molar-refractivity contribution in [2.45, 2.75) is 45.1 Å². The molecule has 2 heterocycles. The zero-order chi connectivity index (χ0) is 13.4. The predicted octanol–water partition coefficient (Wildman–Crippen LogP) is 3.30. The van der Waals surface area contributed by atoms with Gasteiger partial charge in [-0.15, -0.1) is 0 Å². The number of halogens is 1. The number of nitrogens with zero attached hydrogens (tertiary/aromatic N) is 3. The van der Waals surface area contributed by atoms with Crippen molar-refractivity contribution in [1.82, 2.24) is 14.4 Å². The Bertz CT molecular complexity index is 590. The van der Waals surface area contributed by atoms with Gasteiger partial charge in [0.1, 0.15) is 11.3 Å². The van der Waals surface area contributed by atoms with Gasteiger partial charge >= 0.3 is 0 Å². The average Bonchev–Trinajstić information content (AvgIpc) is 2.83. The largest absolute Gasteiger partial charge is 0.387 e. The first-order valence-corrected chi connectivity index (χ1v) is 7.23. The summed E-state index contributed by atoms with van der Waals surface area (Å²) in [5.41, 5.74) is 1.58. The molecule has 1 unspecified atom stereocenters. The lowest BCUT2D eigenvalue weighted by Crippen LogP contribution is -2.19. The van der Waals surface area contributed by atoms with Gasteiger partial charge in [-0.25, -0.2) is 9.97 Å². The molecule has 2 aromatic heterocycles. The molecule has 0 saturated heterocycles. The highest BCUT2D eigenvalue weighted by molar-refractivity contribution is 6.32. The molecule has 19 heavy (non-hydrogen) atoms. The van der Waals surface area contributed by atoms with Crippen LogP contribution in [0.25, 0.3) is 5.52 Å². The summed E-state index contributed by atoms with van der Waals surface area (Å²) in [6.07, 6.45) is 8.76. The molecule has 0 radical (unpaired) electrons. The topological polar surface area (TPSA) is 50.4 Å². The first kappa shape index (κ1) is 12.9. The van der Waals surface area contributed by atoms with Crippen LogP contribution in [0.15, 0.2) is 12.4 Å². The fourth-order valence-electron chi connectivity index (χ4n) is 3.06. The third-order valence-corrected chi connectivity index (χ3v) is 4.41. The lowest BCUT2D eigenvalue weighted by atomic mass is 9.84. The van der Waals surface area contributed by atoms with Crippen molar-refractivity contribution in [3.63, 3.8) is 0 Å². The fraction of sp³-hybridized carbons (Fsp3) is 0.571. The van der Waals surface area contributed by atoms with Crippen LogP contribution in [0.3, 0.4) is 0 Å². The predicted molar refractivity (Wildman–Crippen MR) is 74.3 cm³/mol. The lowest BCUT2D eigenvalue weighted by Gasteiger charge is -2.27. The molecule has 3 rings (SSSR count). The van der Waals surface area contributed by atoms with Gasteiger partial charge in [-0.3, -0.25) is 4.40 Å². The number of aromatic nitrogens is 3. The molecule has 102 valence electrons. The van der Waals surface area contributed by atoms with Gasteiger partial charge in [-0.2, -0.15) is 0 Å². The zero-order valence-electron chi connectivity index (χ0n) is 11.0. The minimum atomic E-state index is -0.486. The number of aliphatic hydroxyl groups excluding tert-OH is 1. The summed E-state index contributed by atoms with van der Waals surface area (Å²) in [7, 11) is 0. The van der Waals surface area contributed by atoms with Crippen molar-refractivity contribution in [2.75, 3.05) is 0 Å². The van der Waals surface area contributed by atoms with Gasteiger partial charge in [-0.1, -0.05) is 30.9 Å². The highest BCUT2D eigenvalue weighted by atomic mass is 35.5. The maximum absolute atomic E-state index is 10.6. The van der Waals surface area contributed by atoms with Crippen molar-refractivity contribution < 1.29 is 5.11 Å². The van der Waals surface area contributed by atoms with Crippen LogP contribution >= 0.6 is 11.6 Å². The molecular weight excluding hydrogens is 262 g/mol. The highest BCUT2D eigenvalue weighted by Gasteiger charge is 2.26. The number of imidazole rings is 1. The quantitative estimate of drug-likeness (QED) is 0.918. The van der Waals surface area contributed by atoms with E-state index in [1.54, 1.807) is 12.4 Å². The molecule has 2 aromatic rings. The molecule has 1 saturated carbocycles. The molecule has 1 aliphatic rings. The molecule has 5 heteroatoms. The van der Waals surface area contributed by atoms with Crippen LogP contribution in [0.1, 0.15) is 49.7 Å². The van der Waals surface area contributed by atoms with Gasteiger partial charge in [-0.05, 0) is 25.7 Å². The summed E-state index contributed by atoms with van der Waals surface area (Å²) in [5.74, 6) is 1.16. The van der Waals surface area contributed by atoms with Gasteiger partial charge in [0.05, 0.1) is 24.2 Å². The molecule has 4 nitrogen and oxygen atoms in total. The Morgan fingerprint density at radius 2 is 2.00 bits per heavy atom. The number of aliphatic hydroxyl groups is 1. The Labute approximate surface area is 117 Å². The molecule has 1 N–H and O–H groups in total. The average molecular weight is 280 g/mol. The van der Waals surface area contributed by atoms with Crippen molar-refractivity contribution in [1.29, 1.82) is 0 Å². The van der Waals surface area contributed by atoms with Gasteiger partial charge in [0.15, 0.2) is 5.15 Å². The number of fused-ring (bicyclic) bond motifs is 1. The zero-order valence-corrected chi connectivity index (χ0v) is 11.8.